The van der Waals surface area contributed by atoms with Gasteiger partial charge in [0.1, 0.15) is 5.75 Å². The second-order valence-electron chi connectivity index (χ2n) is 8.17. The van der Waals surface area contributed by atoms with Gasteiger partial charge in [0.05, 0.1) is 11.5 Å². The number of aliphatic hydroxyl groups is 1. The lowest BCUT2D eigenvalue weighted by Gasteiger charge is -2.28. The minimum atomic E-state index is -1.35. The number of hydrogen-bond donors (Lipinski definition) is 4. The highest BCUT2D eigenvalue weighted by atomic mass is 16.5. The number of carbonyl (C=O) groups is 3. The molecule has 0 heterocycles. The molecule has 3 rings (SSSR count). The summed E-state index contributed by atoms with van der Waals surface area (Å²) in [7, 11) is 0. The van der Waals surface area contributed by atoms with Crippen LogP contribution in [0.4, 0.5) is 5.69 Å². The van der Waals surface area contributed by atoms with Crippen molar-refractivity contribution in [3.05, 3.63) is 59.7 Å². The van der Waals surface area contributed by atoms with E-state index in [4.69, 9.17) is 4.74 Å². The normalized spacial score (nSPS) is 14.4. The van der Waals surface area contributed by atoms with Crippen molar-refractivity contribution < 1.29 is 29.3 Å². The highest BCUT2D eigenvalue weighted by Gasteiger charge is 2.38. The summed E-state index contributed by atoms with van der Waals surface area (Å²) in [6.07, 6.45) is 0.713. The first kappa shape index (κ1) is 22.3. The van der Waals surface area contributed by atoms with Gasteiger partial charge >= 0.3 is 5.97 Å². The smallest absolute Gasteiger partial charge is 0.315 e. The van der Waals surface area contributed by atoms with Crippen LogP contribution in [-0.4, -0.2) is 40.6 Å². The number of rotatable bonds is 8. The molecule has 1 saturated carbocycles. The Morgan fingerprint density at radius 2 is 1.84 bits per heavy atom. The van der Waals surface area contributed by atoms with Gasteiger partial charge < -0.3 is 25.6 Å². The topological polar surface area (TPSA) is 125 Å². The van der Waals surface area contributed by atoms with E-state index >= 15 is 0 Å². The van der Waals surface area contributed by atoms with Crippen LogP contribution in [-0.2, 0) is 14.3 Å². The van der Waals surface area contributed by atoms with Crippen molar-refractivity contribution in [2.75, 3.05) is 11.9 Å². The molecular formula is C23H26N2O6. The zero-order valence-corrected chi connectivity index (χ0v) is 17.4. The number of phenols is 1. The fourth-order valence-corrected chi connectivity index (χ4v) is 2.97. The van der Waals surface area contributed by atoms with Crippen LogP contribution in [0, 0.1) is 5.41 Å². The van der Waals surface area contributed by atoms with E-state index in [0.717, 1.165) is 12.8 Å². The molecule has 0 spiro atoms. The maximum atomic E-state index is 12.5. The van der Waals surface area contributed by atoms with Crippen molar-refractivity contribution in [1.82, 2.24) is 5.32 Å². The zero-order valence-electron chi connectivity index (χ0n) is 17.4. The third-order valence-electron chi connectivity index (χ3n) is 5.05. The fourth-order valence-electron chi connectivity index (χ4n) is 2.97. The summed E-state index contributed by atoms with van der Waals surface area (Å²) in [5.41, 5.74) is -0.164. The summed E-state index contributed by atoms with van der Waals surface area (Å²) in [4.78, 5) is 36.8. The van der Waals surface area contributed by atoms with E-state index in [-0.39, 0.29) is 17.7 Å². The van der Waals surface area contributed by atoms with Crippen molar-refractivity contribution in [1.29, 1.82) is 0 Å². The maximum Gasteiger partial charge on any atom is 0.315 e. The number of ether oxygens (including phenoxy) is 1. The van der Waals surface area contributed by atoms with E-state index in [1.165, 1.54) is 26.0 Å². The van der Waals surface area contributed by atoms with Gasteiger partial charge in [-0.15, -0.1) is 0 Å². The van der Waals surface area contributed by atoms with Gasteiger partial charge in [-0.1, -0.05) is 18.2 Å². The Kier molecular flexibility index (Phi) is 6.60. The third kappa shape index (κ3) is 5.82. The summed E-state index contributed by atoms with van der Waals surface area (Å²) >= 11 is 0. The van der Waals surface area contributed by atoms with Gasteiger partial charge in [-0.25, -0.2) is 0 Å². The van der Waals surface area contributed by atoms with E-state index in [1.807, 2.05) is 0 Å². The Balaban J connectivity index is 1.55. The lowest BCUT2D eigenvalue weighted by atomic mass is 9.82. The van der Waals surface area contributed by atoms with Gasteiger partial charge in [-0.3, -0.25) is 14.4 Å². The second-order valence-corrected chi connectivity index (χ2v) is 8.17. The molecule has 31 heavy (non-hydrogen) atoms. The fraction of sp³-hybridized carbons (Fsp3) is 0.348. The number of amides is 2. The van der Waals surface area contributed by atoms with E-state index in [1.54, 1.807) is 36.4 Å². The summed E-state index contributed by atoms with van der Waals surface area (Å²) in [6.45, 7) is 2.43. The zero-order chi connectivity index (χ0) is 22.6. The summed E-state index contributed by atoms with van der Waals surface area (Å²) in [5, 5.41) is 25.6. The largest absolute Gasteiger partial charge is 0.508 e. The van der Waals surface area contributed by atoms with Gasteiger partial charge in [0, 0.05) is 17.3 Å². The molecule has 164 valence electrons. The lowest BCUT2D eigenvalue weighted by Crippen LogP contribution is -2.35. The monoisotopic (exact) mass is 426 g/mol. The van der Waals surface area contributed by atoms with Crippen LogP contribution in [0.3, 0.4) is 0 Å². The molecule has 1 unspecified atom stereocenters. The van der Waals surface area contributed by atoms with Crippen LogP contribution in [0.25, 0.3) is 0 Å². The number of phenolic OH excluding ortho intramolecular Hbond substituents is 1. The number of aliphatic hydroxyl groups excluding tert-OH is 1. The number of nitrogens with one attached hydrogen (secondary N) is 2. The molecule has 1 fully saturated rings. The molecule has 2 aromatic rings. The quantitative estimate of drug-likeness (QED) is 0.481. The molecule has 2 aromatic carbocycles. The standard InChI is InChI=1S/C23H26N2O6/c1-23(2,20(28)14-5-4-8-18(26)12-14)22(30)31-13-19(27)24-17-7-3-6-15(11-17)21(29)25-16-9-10-16/h3-8,11-12,16,20,26,28H,9-10,13H2,1-2H3,(H,24,27)(H,25,29). The molecule has 8 nitrogen and oxygen atoms in total. The number of aromatic hydroxyl groups is 1. The van der Waals surface area contributed by atoms with Gasteiger partial charge in [0.15, 0.2) is 6.61 Å². The first-order valence-corrected chi connectivity index (χ1v) is 10.0. The van der Waals surface area contributed by atoms with Crippen LogP contribution < -0.4 is 10.6 Å². The van der Waals surface area contributed by atoms with Crippen LogP contribution in [0.5, 0.6) is 5.75 Å². The second kappa shape index (κ2) is 9.18. The van der Waals surface area contributed by atoms with Crippen molar-refractivity contribution in [2.24, 2.45) is 5.41 Å². The maximum absolute atomic E-state index is 12.5. The van der Waals surface area contributed by atoms with Crippen LogP contribution in [0.15, 0.2) is 48.5 Å². The Bertz CT molecular complexity index is 984. The molecule has 0 aromatic heterocycles. The Morgan fingerprint density at radius 1 is 1.13 bits per heavy atom. The molecule has 1 atom stereocenters. The SMILES string of the molecule is CC(C)(C(=O)OCC(=O)Nc1cccc(C(=O)NC2CC2)c1)C(O)c1cccc(O)c1. The minimum Gasteiger partial charge on any atom is -0.508 e. The molecule has 4 N–H and O–H groups in total. The Labute approximate surface area is 180 Å². The van der Waals surface area contributed by atoms with Crippen molar-refractivity contribution in [3.63, 3.8) is 0 Å². The van der Waals surface area contributed by atoms with Crippen LogP contribution in [0.2, 0.25) is 0 Å². The molecule has 0 saturated heterocycles. The highest BCUT2D eigenvalue weighted by Crippen LogP contribution is 2.35. The number of hydrogen-bond acceptors (Lipinski definition) is 6. The Hall–Kier alpha value is -3.39. The molecule has 0 aliphatic heterocycles. The van der Waals surface area contributed by atoms with Crippen molar-refractivity contribution in [2.45, 2.75) is 38.8 Å². The third-order valence-corrected chi connectivity index (χ3v) is 5.05. The molecule has 1 aliphatic rings. The molecule has 1 aliphatic carbocycles. The van der Waals surface area contributed by atoms with Gasteiger partial charge in [-0.05, 0) is 62.6 Å². The van der Waals surface area contributed by atoms with Crippen LogP contribution >= 0.6 is 0 Å². The molecule has 2 amide bonds. The molecule has 0 radical (unpaired) electrons. The van der Waals surface area contributed by atoms with Crippen molar-refractivity contribution in [3.8, 4) is 5.75 Å². The predicted octanol–water partition coefficient (Wildman–Crippen LogP) is 2.53. The summed E-state index contributed by atoms with van der Waals surface area (Å²) < 4.78 is 5.10. The van der Waals surface area contributed by atoms with E-state index in [9.17, 15) is 24.6 Å². The molecular weight excluding hydrogens is 400 g/mol. The van der Waals surface area contributed by atoms with E-state index < -0.39 is 30.0 Å². The molecule has 0 bridgehead atoms. The number of esters is 1. The average Bonchev–Trinajstić information content (AvgIpc) is 3.55. The Morgan fingerprint density at radius 3 is 2.52 bits per heavy atom. The van der Waals surface area contributed by atoms with E-state index in [2.05, 4.69) is 10.6 Å². The number of benzene rings is 2. The van der Waals surface area contributed by atoms with Gasteiger partial charge in [0.2, 0.25) is 0 Å². The van der Waals surface area contributed by atoms with Gasteiger partial charge in [0.25, 0.3) is 11.8 Å². The first-order valence-electron chi connectivity index (χ1n) is 10.0. The first-order chi connectivity index (χ1) is 14.7. The highest BCUT2D eigenvalue weighted by molar-refractivity contribution is 5.98. The lowest BCUT2D eigenvalue weighted by molar-refractivity contribution is -0.162. The van der Waals surface area contributed by atoms with Crippen LogP contribution in [0.1, 0.15) is 48.7 Å². The number of anilines is 1. The predicted molar refractivity (Wildman–Crippen MR) is 113 cm³/mol. The molecule has 8 heteroatoms. The van der Waals surface area contributed by atoms with Crippen molar-refractivity contribution >= 4 is 23.5 Å². The van der Waals surface area contributed by atoms with E-state index in [0.29, 0.717) is 16.8 Å². The number of carbonyl (C=O) groups excluding carboxylic acids is 3. The van der Waals surface area contributed by atoms with Gasteiger partial charge in [-0.2, -0.15) is 0 Å². The average molecular weight is 426 g/mol. The summed E-state index contributed by atoms with van der Waals surface area (Å²) in [6, 6.07) is 12.7. The minimum absolute atomic E-state index is 0.0341. The summed E-state index contributed by atoms with van der Waals surface area (Å²) in [5.74, 6) is -1.58.